The summed E-state index contributed by atoms with van der Waals surface area (Å²) in [5, 5.41) is 0. The van der Waals surface area contributed by atoms with Crippen molar-refractivity contribution in [3.8, 4) is 11.3 Å². The standard InChI is InChI=1S/C25H31FN4O/c1-28-14-15-30-22(20-8-5-9-21(26)17-20)18-27-24(30)25(28)10-12-29(13-11-25)23(31)16-19-6-3-2-4-7-19/h5-6,8-9,17-18H,2-4,7,10-16H2,1H3. The zero-order valence-electron chi connectivity index (χ0n) is 18.3. The number of imidazole rings is 1. The zero-order valence-corrected chi connectivity index (χ0v) is 18.3. The molecule has 1 aliphatic carbocycles. The van der Waals surface area contributed by atoms with Crippen LogP contribution in [0.25, 0.3) is 11.3 Å². The molecule has 6 heteroatoms. The topological polar surface area (TPSA) is 41.4 Å². The maximum Gasteiger partial charge on any atom is 0.226 e. The van der Waals surface area contributed by atoms with Crippen LogP contribution in [0.15, 0.2) is 42.1 Å². The number of aromatic nitrogens is 2. The van der Waals surface area contributed by atoms with E-state index in [0.717, 1.165) is 68.9 Å². The van der Waals surface area contributed by atoms with Gasteiger partial charge in [0.25, 0.3) is 0 Å². The molecule has 1 fully saturated rings. The highest BCUT2D eigenvalue weighted by Crippen LogP contribution is 2.41. The number of carbonyl (C=O) groups excluding carboxylic acids is 1. The number of rotatable bonds is 3. The molecule has 2 aromatic rings. The van der Waals surface area contributed by atoms with Crippen LogP contribution in [-0.4, -0.2) is 51.9 Å². The molecular formula is C25H31FN4O. The Morgan fingerprint density at radius 3 is 2.74 bits per heavy atom. The largest absolute Gasteiger partial charge is 0.342 e. The Morgan fingerprint density at radius 2 is 2.00 bits per heavy atom. The molecule has 0 atom stereocenters. The normalized spacial score (nSPS) is 21.1. The lowest BCUT2D eigenvalue weighted by Gasteiger charge is -2.49. The van der Waals surface area contributed by atoms with Crippen molar-refractivity contribution in [2.45, 2.75) is 57.0 Å². The maximum absolute atomic E-state index is 13.8. The van der Waals surface area contributed by atoms with Crippen LogP contribution in [0.2, 0.25) is 0 Å². The highest BCUT2D eigenvalue weighted by molar-refractivity contribution is 5.79. The van der Waals surface area contributed by atoms with E-state index in [9.17, 15) is 9.18 Å². The van der Waals surface area contributed by atoms with E-state index in [0.29, 0.717) is 6.42 Å². The minimum Gasteiger partial charge on any atom is -0.342 e. The zero-order chi connectivity index (χ0) is 21.4. The van der Waals surface area contributed by atoms with Crippen molar-refractivity contribution >= 4 is 5.91 Å². The first-order valence-corrected chi connectivity index (χ1v) is 11.6. The van der Waals surface area contributed by atoms with Gasteiger partial charge in [-0.1, -0.05) is 23.8 Å². The van der Waals surface area contributed by atoms with E-state index in [4.69, 9.17) is 4.98 Å². The van der Waals surface area contributed by atoms with Gasteiger partial charge in [-0.15, -0.1) is 0 Å². The number of benzene rings is 1. The van der Waals surface area contributed by atoms with E-state index in [-0.39, 0.29) is 17.3 Å². The van der Waals surface area contributed by atoms with Crippen LogP contribution in [0.1, 0.15) is 50.8 Å². The third-order valence-electron chi connectivity index (χ3n) is 7.49. The van der Waals surface area contributed by atoms with Gasteiger partial charge in [0.05, 0.1) is 17.4 Å². The van der Waals surface area contributed by atoms with Crippen LogP contribution in [0.5, 0.6) is 0 Å². The number of halogens is 1. The molecule has 1 aromatic heterocycles. The van der Waals surface area contributed by atoms with Crippen molar-refractivity contribution < 1.29 is 9.18 Å². The second-order valence-electron chi connectivity index (χ2n) is 9.25. The average Bonchev–Trinajstić information content (AvgIpc) is 3.23. The van der Waals surface area contributed by atoms with Gasteiger partial charge >= 0.3 is 0 Å². The summed E-state index contributed by atoms with van der Waals surface area (Å²) in [5.41, 5.74) is 3.00. The van der Waals surface area contributed by atoms with Gasteiger partial charge in [-0.05, 0) is 57.7 Å². The second-order valence-corrected chi connectivity index (χ2v) is 9.25. The first-order valence-electron chi connectivity index (χ1n) is 11.6. The number of piperidine rings is 1. The molecule has 1 spiro atoms. The van der Waals surface area contributed by atoms with E-state index >= 15 is 0 Å². The maximum atomic E-state index is 13.8. The third kappa shape index (κ3) is 3.71. The highest BCUT2D eigenvalue weighted by atomic mass is 19.1. The fraction of sp³-hybridized carbons (Fsp3) is 0.520. The number of fused-ring (bicyclic) bond motifs is 2. The monoisotopic (exact) mass is 422 g/mol. The summed E-state index contributed by atoms with van der Waals surface area (Å²) in [4.78, 5) is 22.2. The molecule has 3 aliphatic rings. The molecule has 2 aliphatic heterocycles. The second kappa shape index (κ2) is 8.23. The lowest BCUT2D eigenvalue weighted by Crippen LogP contribution is -2.57. The first-order chi connectivity index (χ1) is 15.1. The molecule has 0 N–H and O–H groups in total. The molecule has 0 bridgehead atoms. The van der Waals surface area contributed by atoms with Crippen LogP contribution in [0.4, 0.5) is 4.39 Å². The summed E-state index contributed by atoms with van der Waals surface area (Å²) in [6.45, 7) is 3.29. The van der Waals surface area contributed by atoms with Crippen molar-refractivity contribution in [1.29, 1.82) is 0 Å². The summed E-state index contributed by atoms with van der Waals surface area (Å²) in [5.74, 6) is 1.10. The molecule has 5 rings (SSSR count). The smallest absolute Gasteiger partial charge is 0.226 e. The van der Waals surface area contributed by atoms with Gasteiger partial charge in [-0.2, -0.15) is 0 Å². The quantitative estimate of drug-likeness (QED) is 0.691. The fourth-order valence-corrected chi connectivity index (χ4v) is 5.59. The van der Waals surface area contributed by atoms with E-state index in [1.807, 2.05) is 17.2 Å². The van der Waals surface area contributed by atoms with Crippen molar-refractivity contribution in [1.82, 2.24) is 19.4 Å². The number of amides is 1. The van der Waals surface area contributed by atoms with E-state index in [1.165, 1.54) is 24.5 Å². The SMILES string of the molecule is CN1CCn2c(-c3cccc(F)c3)cnc2C12CCN(C(=O)CC1=CCCCC1)CC2. The van der Waals surface area contributed by atoms with Crippen LogP contribution >= 0.6 is 0 Å². The van der Waals surface area contributed by atoms with Gasteiger partial charge in [0.2, 0.25) is 5.91 Å². The number of hydrogen-bond donors (Lipinski definition) is 0. The Balaban J connectivity index is 1.35. The van der Waals surface area contributed by atoms with Crippen molar-refractivity contribution in [3.63, 3.8) is 0 Å². The summed E-state index contributed by atoms with van der Waals surface area (Å²) in [6.07, 6.45) is 11.2. The van der Waals surface area contributed by atoms with Gasteiger partial charge in [0.15, 0.2) is 0 Å². The Bertz CT molecular complexity index is 1000. The summed E-state index contributed by atoms with van der Waals surface area (Å²) >= 11 is 0. The molecule has 31 heavy (non-hydrogen) atoms. The number of allylic oxidation sites excluding steroid dienone is 1. The average molecular weight is 423 g/mol. The van der Waals surface area contributed by atoms with E-state index in [1.54, 1.807) is 12.1 Å². The van der Waals surface area contributed by atoms with Gasteiger partial charge in [-0.25, -0.2) is 9.37 Å². The summed E-state index contributed by atoms with van der Waals surface area (Å²) in [6, 6.07) is 6.75. The molecule has 1 aromatic carbocycles. The number of likely N-dealkylation sites (tertiary alicyclic amines) is 1. The molecule has 0 radical (unpaired) electrons. The summed E-state index contributed by atoms with van der Waals surface area (Å²) in [7, 11) is 2.17. The Labute approximate surface area is 183 Å². The number of carbonyl (C=O) groups is 1. The lowest BCUT2D eigenvalue weighted by atomic mass is 9.83. The Kier molecular flexibility index (Phi) is 5.42. The minimum absolute atomic E-state index is 0.162. The van der Waals surface area contributed by atoms with E-state index < -0.39 is 0 Å². The molecule has 3 heterocycles. The Hall–Kier alpha value is -2.47. The van der Waals surface area contributed by atoms with Gasteiger partial charge in [0, 0.05) is 38.2 Å². The summed E-state index contributed by atoms with van der Waals surface area (Å²) < 4.78 is 16.1. The van der Waals surface area contributed by atoms with Crippen LogP contribution in [-0.2, 0) is 16.9 Å². The molecule has 0 unspecified atom stereocenters. The molecular weight excluding hydrogens is 391 g/mol. The van der Waals surface area contributed by atoms with Crippen LogP contribution in [0.3, 0.4) is 0 Å². The minimum atomic E-state index is -0.226. The number of nitrogens with zero attached hydrogens (tertiary/aromatic N) is 4. The first kappa shape index (κ1) is 20.4. The third-order valence-corrected chi connectivity index (χ3v) is 7.49. The Morgan fingerprint density at radius 1 is 1.16 bits per heavy atom. The van der Waals surface area contributed by atoms with Gasteiger partial charge in [0.1, 0.15) is 11.6 Å². The van der Waals surface area contributed by atoms with Gasteiger partial charge < -0.3 is 9.47 Å². The number of hydrogen-bond acceptors (Lipinski definition) is 3. The molecule has 164 valence electrons. The molecule has 1 saturated heterocycles. The van der Waals surface area contributed by atoms with Crippen molar-refractivity contribution in [3.05, 3.63) is 53.8 Å². The highest BCUT2D eigenvalue weighted by Gasteiger charge is 2.46. The van der Waals surface area contributed by atoms with Crippen molar-refractivity contribution in [2.24, 2.45) is 0 Å². The number of likely N-dealkylation sites (N-methyl/N-ethyl adjacent to an activating group) is 1. The molecule has 0 saturated carbocycles. The lowest BCUT2D eigenvalue weighted by molar-refractivity contribution is -0.133. The van der Waals surface area contributed by atoms with Crippen LogP contribution in [0, 0.1) is 5.82 Å². The van der Waals surface area contributed by atoms with E-state index in [2.05, 4.69) is 22.6 Å². The van der Waals surface area contributed by atoms with Crippen LogP contribution < -0.4 is 0 Å². The predicted molar refractivity (Wildman–Crippen MR) is 119 cm³/mol. The fourth-order valence-electron chi connectivity index (χ4n) is 5.59. The molecule has 5 nitrogen and oxygen atoms in total. The van der Waals surface area contributed by atoms with Gasteiger partial charge in [-0.3, -0.25) is 9.69 Å². The van der Waals surface area contributed by atoms with Crippen molar-refractivity contribution in [2.75, 3.05) is 26.7 Å². The predicted octanol–water partition coefficient (Wildman–Crippen LogP) is 4.34. The molecule has 1 amide bonds.